The van der Waals surface area contributed by atoms with E-state index in [1.165, 1.54) is 0 Å². The second kappa shape index (κ2) is 9.70. The highest BCUT2D eigenvalue weighted by Crippen LogP contribution is 2.29. The van der Waals surface area contributed by atoms with Crippen molar-refractivity contribution < 1.29 is 13.7 Å². The van der Waals surface area contributed by atoms with Gasteiger partial charge in [0.25, 0.3) is 0 Å². The molecule has 1 saturated carbocycles. The standard InChI is InChI=1S/C25H28N4O3S/c1-4-32-20-14-18(15-26-16-20)17-8-10-19(11-9-17)27-24(30)25(2,3)22-6-5-7-23(28-22)29-33(31)21-12-13-21/h5-11,14-16,21H,4,12-13H2,1-3H3,(H,27,30)(H,28,29). The zero-order valence-corrected chi connectivity index (χ0v) is 19.8. The Kier molecular flexibility index (Phi) is 6.74. The smallest absolute Gasteiger partial charge is 0.236 e. The van der Waals surface area contributed by atoms with Crippen LogP contribution in [0.3, 0.4) is 0 Å². The lowest BCUT2D eigenvalue weighted by molar-refractivity contribution is -0.120. The van der Waals surface area contributed by atoms with Crippen LogP contribution in [0.1, 0.15) is 39.3 Å². The lowest BCUT2D eigenvalue weighted by Crippen LogP contribution is -2.35. The number of pyridine rings is 2. The van der Waals surface area contributed by atoms with Crippen molar-refractivity contribution in [3.63, 3.8) is 0 Å². The molecule has 1 amide bonds. The maximum atomic E-state index is 13.1. The Bertz CT molecular complexity index is 1160. The van der Waals surface area contributed by atoms with Crippen molar-refractivity contribution in [2.24, 2.45) is 0 Å². The highest BCUT2D eigenvalue weighted by atomic mass is 32.2. The third-order valence-corrected chi connectivity index (χ3v) is 6.98. The summed E-state index contributed by atoms with van der Waals surface area (Å²) < 4.78 is 20.6. The van der Waals surface area contributed by atoms with Gasteiger partial charge in [0.15, 0.2) is 0 Å². The number of hydrogen-bond donors (Lipinski definition) is 2. The molecule has 2 heterocycles. The fourth-order valence-electron chi connectivity index (χ4n) is 3.28. The van der Waals surface area contributed by atoms with Crippen molar-refractivity contribution in [3.8, 4) is 16.9 Å². The zero-order valence-electron chi connectivity index (χ0n) is 19.0. The molecule has 33 heavy (non-hydrogen) atoms. The molecule has 1 aromatic carbocycles. The SMILES string of the molecule is CCOc1cncc(-c2ccc(NC(=O)C(C)(C)c3cccc(NS(=O)C4CC4)n3)cc2)c1. The third-order valence-electron chi connectivity index (χ3n) is 5.49. The van der Waals surface area contributed by atoms with Gasteiger partial charge in [-0.15, -0.1) is 0 Å². The van der Waals surface area contributed by atoms with Gasteiger partial charge in [-0.1, -0.05) is 18.2 Å². The minimum absolute atomic E-state index is 0.178. The van der Waals surface area contributed by atoms with Crippen LogP contribution in [0, 0.1) is 0 Å². The molecule has 2 aromatic heterocycles. The molecular weight excluding hydrogens is 436 g/mol. The molecule has 4 rings (SSSR count). The van der Waals surface area contributed by atoms with E-state index >= 15 is 0 Å². The number of anilines is 2. The molecule has 1 aliphatic rings. The Balaban J connectivity index is 1.45. The molecular formula is C25H28N4O3S. The van der Waals surface area contributed by atoms with E-state index in [0.717, 1.165) is 29.7 Å². The summed E-state index contributed by atoms with van der Waals surface area (Å²) in [6.07, 6.45) is 5.41. The number of ether oxygens (including phenoxy) is 1. The van der Waals surface area contributed by atoms with Crippen LogP contribution in [-0.4, -0.2) is 31.9 Å². The lowest BCUT2D eigenvalue weighted by Gasteiger charge is -2.23. The fourth-order valence-corrected chi connectivity index (χ4v) is 4.33. The topological polar surface area (TPSA) is 93.2 Å². The van der Waals surface area contributed by atoms with Gasteiger partial charge in [0.05, 0.1) is 29.2 Å². The van der Waals surface area contributed by atoms with E-state index in [1.807, 2.05) is 63.2 Å². The number of hydrogen-bond acceptors (Lipinski definition) is 5. The Morgan fingerprint density at radius 2 is 1.88 bits per heavy atom. The third kappa shape index (κ3) is 5.57. The van der Waals surface area contributed by atoms with Crippen LogP contribution in [0.2, 0.25) is 0 Å². The molecule has 1 fully saturated rings. The average Bonchev–Trinajstić information content (AvgIpc) is 3.66. The molecule has 7 nitrogen and oxygen atoms in total. The van der Waals surface area contributed by atoms with Gasteiger partial charge in [-0.25, -0.2) is 9.19 Å². The van der Waals surface area contributed by atoms with E-state index in [2.05, 4.69) is 20.0 Å². The zero-order chi connectivity index (χ0) is 23.4. The van der Waals surface area contributed by atoms with Crippen molar-refractivity contribution in [2.45, 2.75) is 44.3 Å². The van der Waals surface area contributed by atoms with Gasteiger partial charge in [0.2, 0.25) is 5.91 Å². The van der Waals surface area contributed by atoms with Crippen LogP contribution in [0.4, 0.5) is 11.5 Å². The van der Waals surface area contributed by atoms with E-state index in [0.29, 0.717) is 23.8 Å². The summed E-state index contributed by atoms with van der Waals surface area (Å²) in [4.78, 5) is 21.9. The van der Waals surface area contributed by atoms with Crippen LogP contribution in [0.15, 0.2) is 60.9 Å². The van der Waals surface area contributed by atoms with E-state index in [-0.39, 0.29) is 11.2 Å². The van der Waals surface area contributed by atoms with E-state index < -0.39 is 16.4 Å². The van der Waals surface area contributed by atoms with Crippen molar-refractivity contribution in [2.75, 3.05) is 16.6 Å². The predicted octanol–water partition coefficient (Wildman–Crippen LogP) is 4.70. The van der Waals surface area contributed by atoms with Crippen molar-refractivity contribution in [1.82, 2.24) is 9.97 Å². The minimum Gasteiger partial charge on any atom is -0.492 e. The molecule has 0 radical (unpaired) electrons. The van der Waals surface area contributed by atoms with Gasteiger partial charge < -0.3 is 10.1 Å². The summed E-state index contributed by atoms with van der Waals surface area (Å²) >= 11 is 0. The number of aromatic nitrogens is 2. The largest absolute Gasteiger partial charge is 0.492 e. The Morgan fingerprint density at radius 3 is 2.58 bits per heavy atom. The van der Waals surface area contributed by atoms with E-state index in [9.17, 15) is 9.00 Å². The summed E-state index contributed by atoms with van der Waals surface area (Å²) in [5, 5.41) is 3.18. The molecule has 3 aromatic rings. The first-order valence-electron chi connectivity index (χ1n) is 11.0. The minimum atomic E-state index is -1.14. The molecule has 8 heteroatoms. The lowest BCUT2D eigenvalue weighted by atomic mass is 9.87. The first kappa shape index (κ1) is 22.9. The number of nitrogens with zero attached hydrogens (tertiary/aromatic N) is 2. The molecule has 0 aliphatic heterocycles. The van der Waals surface area contributed by atoms with Crippen LogP contribution < -0.4 is 14.8 Å². The predicted molar refractivity (Wildman–Crippen MR) is 132 cm³/mol. The number of amides is 1. The molecule has 2 N–H and O–H groups in total. The highest BCUT2D eigenvalue weighted by molar-refractivity contribution is 7.87. The van der Waals surface area contributed by atoms with Gasteiger partial charge in [0.1, 0.15) is 22.6 Å². The molecule has 1 unspecified atom stereocenters. The van der Waals surface area contributed by atoms with E-state index in [1.54, 1.807) is 18.5 Å². The van der Waals surface area contributed by atoms with Crippen LogP contribution in [0.5, 0.6) is 5.75 Å². The van der Waals surface area contributed by atoms with E-state index in [4.69, 9.17) is 4.74 Å². The maximum Gasteiger partial charge on any atom is 0.236 e. The number of carbonyl (C=O) groups is 1. The molecule has 0 saturated heterocycles. The number of rotatable bonds is 9. The molecule has 0 bridgehead atoms. The molecule has 0 spiro atoms. The van der Waals surface area contributed by atoms with Gasteiger partial charge in [-0.3, -0.25) is 14.5 Å². The maximum absolute atomic E-state index is 13.1. The second-order valence-corrected chi connectivity index (χ2v) is 9.97. The summed E-state index contributed by atoms with van der Waals surface area (Å²) in [7, 11) is -1.14. The second-order valence-electron chi connectivity index (χ2n) is 8.51. The summed E-state index contributed by atoms with van der Waals surface area (Å²) in [5.41, 5.74) is 2.33. The quantitative estimate of drug-likeness (QED) is 0.479. The number of benzene rings is 1. The summed E-state index contributed by atoms with van der Waals surface area (Å²) in [5.74, 6) is 1.06. The highest BCUT2D eigenvalue weighted by Gasteiger charge is 2.32. The summed E-state index contributed by atoms with van der Waals surface area (Å²) in [6.45, 7) is 6.16. The average molecular weight is 465 g/mol. The Labute approximate surface area is 196 Å². The van der Waals surface area contributed by atoms with Gasteiger partial charge in [-0.05, 0) is 69.5 Å². The van der Waals surface area contributed by atoms with Crippen molar-refractivity contribution >= 4 is 28.4 Å². The molecule has 1 aliphatic carbocycles. The summed E-state index contributed by atoms with van der Waals surface area (Å²) in [6, 6.07) is 14.9. The normalized spacial score (nSPS) is 14.4. The first-order chi connectivity index (χ1) is 15.9. The van der Waals surface area contributed by atoms with Crippen LogP contribution in [-0.2, 0) is 21.2 Å². The van der Waals surface area contributed by atoms with Crippen LogP contribution in [0.25, 0.3) is 11.1 Å². The van der Waals surface area contributed by atoms with Crippen molar-refractivity contribution in [3.05, 3.63) is 66.6 Å². The Hall–Kier alpha value is -3.26. The Morgan fingerprint density at radius 1 is 1.12 bits per heavy atom. The number of carbonyl (C=O) groups excluding carboxylic acids is 1. The van der Waals surface area contributed by atoms with Crippen molar-refractivity contribution in [1.29, 1.82) is 0 Å². The first-order valence-corrected chi connectivity index (χ1v) is 12.2. The van der Waals surface area contributed by atoms with Gasteiger partial charge in [0, 0.05) is 17.4 Å². The molecule has 1 atom stereocenters. The van der Waals surface area contributed by atoms with Gasteiger partial charge in [-0.2, -0.15) is 0 Å². The van der Waals surface area contributed by atoms with Gasteiger partial charge >= 0.3 is 0 Å². The van der Waals surface area contributed by atoms with Crippen LogP contribution >= 0.6 is 0 Å². The number of nitrogens with one attached hydrogen (secondary N) is 2. The monoisotopic (exact) mass is 464 g/mol. The fraction of sp³-hybridized carbons (Fsp3) is 0.320. The molecule has 172 valence electrons.